The number of hydrogen-bond acceptors (Lipinski definition) is 5. The van der Waals surface area contributed by atoms with Gasteiger partial charge in [0.15, 0.2) is 0 Å². The van der Waals surface area contributed by atoms with E-state index < -0.39 is 17.1 Å². The summed E-state index contributed by atoms with van der Waals surface area (Å²) in [5.41, 5.74) is 2.55. The zero-order valence-corrected chi connectivity index (χ0v) is 17.9. The maximum absolute atomic E-state index is 14.5. The fourth-order valence-electron chi connectivity index (χ4n) is 3.66. The SMILES string of the molecule is Cc1ccccc1NC(=O)CN1C(=O)S/C(=C\c2ccc(N3CCCC3)c(F)c2)C1=O. The van der Waals surface area contributed by atoms with Gasteiger partial charge in [-0.2, -0.15) is 0 Å². The minimum Gasteiger partial charge on any atom is -0.369 e. The highest BCUT2D eigenvalue weighted by molar-refractivity contribution is 8.18. The molecule has 0 bridgehead atoms. The zero-order valence-electron chi connectivity index (χ0n) is 17.1. The number of thioether (sulfide) groups is 1. The van der Waals surface area contributed by atoms with Crippen LogP contribution >= 0.6 is 11.8 Å². The number of nitrogens with one attached hydrogen (secondary N) is 1. The van der Waals surface area contributed by atoms with Gasteiger partial charge in [0.25, 0.3) is 11.1 Å². The Kier molecular flexibility index (Phi) is 6.08. The van der Waals surface area contributed by atoms with Crippen LogP contribution in [-0.4, -0.2) is 41.6 Å². The second kappa shape index (κ2) is 8.93. The van der Waals surface area contributed by atoms with Crippen LogP contribution in [0.2, 0.25) is 0 Å². The van der Waals surface area contributed by atoms with Crippen LogP contribution in [0.25, 0.3) is 6.08 Å². The van der Waals surface area contributed by atoms with E-state index in [9.17, 15) is 18.8 Å². The lowest BCUT2D eigenvalue weighted by Crippen LogP contribution is -2.36. The van der Waals surface area contributed by atoms with Gasteiger partial charge in [0.05, 0.1) is 10.6 Å². The molecule has 0 aromatic heterocycles. The zero-order chi connectivity index (χ0) is 22.0. The molecular weight excluding hydrogens is 417 g/mol. The van der Waals surface area contributed by atoms with Crippen molar-refractivity contribution in [3.63, 3.8) is 0 Å². The topological polar surface area (TPSA) is 69.7 Å². The number of carbonyl (C=O) groups excluding carboxylic acids is 3. The van der Waals surface area contributed by atoms with Crippen LogP contribution in [0.1, 0.15) is 24.0 Å². The molecule has 2 aromatic rings. The first-order valence-corrected chi connectivity index (χ1v) is 10.9. The molecule has 31 heavy (non-hydrogen) atoms. The Morgan fingerprint density at radius 2 is 1.90 bits per heavy atom. The summed E-state index contributed by atoms with van der Waals surface area (Å²) in [4.78, 5) is 40.4. The first kappa shape index (κ1) is 21.1. The Hall–Kier alpha value is -3.13. The minimum absolute atomic E-state index is 0.169. The van der Waals surface area contributed by atoms with Crippen molar-refractivity contribution in [2.24, 2.45) is 0 Å². The van der Waals surface area contributed by atoms with Crippen molar-refractivity contribution >= 4 is 46.3 Å². The summed E-state index contributed by atoms with van der Waals surface area (Å²) < 4.78 is 14.5. The fourth-order valence-corrected chi connectivity index (χ4v) is 4.50. The number of nitrogens with zero attached hydrogens (tertiary/aromatic N) is 2. The third-order valence-electron chi connectivity index (χ3n) is 5.31. The lowest BCUT2D eigenvalue weighted by Gasteiger charge is -2.18. The molecule has 8 heteroatoms. The summed E-state index contributed by atoms with van der Waals surface area (Å²) in [5, 5.41) is 2.19. The van der Waals surface area contributed by atoms with Crippen molar-refractivity contribution < 1.29 is 18.8 Å². The molecule has 4 rings (SSSR count). The molecule has 0 unspecified atom stereocenters. The summed E-state index contributed by atoms with van der Waals surface area (Å²) in [6.45, 7) is 3.14. The Labute approximate surface area is 184 Å². The lowest BCUT2D eigenvalue weighted by molar-refractivity contribution is -0.127. The van der Waals surface area contributed by atoms with E-state index in [2.05, 4.69) is 5.32 Å². The van der Waals surface area contributed by atoms with Crippen molar-refractivity contribution in [3.8, 4) is 0 Å². The number of hydrogen-bond donors (Lipinski definition) is 1. The van der Waals surface area contributed by atoms with Gasteiger partial charge >= 0.3 is 0 Å². The van der Waals surface area contributed by atoms with Gasteiger partial charge in [-0.1, -0.05) is 24.3 Å². The summed E-state index contributed by atoms with van der Waals surface area (Å²) in [7, 11) is 0. The summed E-state index contributed by atoms with van der Waals surface area (Å²) >= 11 is 0.749. The van der Waals surface area contributed by atoms with E-state index in [1.807, 2.05) is 24.0 Å². The van der Waals surface area contributed by atoms with E-state index in [-0.39, 0.29) is 17.3 Å². The van der Waals surface area contributed by atoms with E-state index in [1.54, 1.807) is 24.3 Å². The molecule has 0 radical (unpaired) electrons. The number of anilines is 2. The molecule has 2 aliphatic heterocycles. The molecule has 6 nitrogen and oxygen atoms in total. The van der Waals surface area contributed by atoms with E-state index >= 15 is 0 Å². The van der Waals surface area contributed by atoms with Crippen LogP contribution in [0.15, 0.2) is 47.4 Å². The molecule has 0 aliphatic carbocycles. The van der Waals surface area contributed by atoms with Crippen molar-refractivity contribution in [2.75, 3.05) is 29.9 Å². The highest BCUT2D eigenvalue weighted by Gasteiger charge is 2.36. The average molecular weight is 440 g/mol. The molecule has 2 heterocycles. The number of para-hydroxylation sites is 1. The molecule has 0 atom stereocenters. The number of imide groups is 1. The van der Waals surface area contributed by atoms with Gasteiger partial charge in [0.2, 0.25) is 5.91 Å². The largest absolute Gasteiger partial charge is 0.369 e. The maximum Gasteiger partial charge on any atom is 0.294 e. The van der Waals surface area contributed by atoms with Crippen LogP contribution in [0.4, 0.5) is 20.6 Å². The average Bonchev–Trinajstić information content (AvgIpc) is 3.35. The van der Waals surface area contributed by atoms with Crippen LogP contribution < -0.4 is 10.2 Å². The third-order valence-corrected chi connectivity index (χ3v) is 6.22. The number of aryl methyl sites for hydroxylation is 1. The highest BCUT2D eigenvalue weighted by Crippen LogP contribution is 2.33. The van der Waals surface area contributed by atoms with Crippen molar-refractivity contribution in [2.45, 2.75) is 19.8 Å². The Morgan fingerprint density at radius 1 is 1.16 bits per heavy atom. The van der Waals surface area contributed by atoms with Crippen LogP contribution in [0.3, 0.4) is 0 Å². The number of rotatable bonds is 5. The van der Waals surface area contributed by atoms with E-state index in [1.165, 1.54) is 12.1 Å². The Balaban J connectivity index is 1.45. The first-order chi connectivity index (χ1) is 14.9. The van der Waals surface area contributed by atoms with Gasteiger partial charge in [0.1, 0.15) is 12.4 Å². The molecule has 3 amide bonds. The van der Waals surface area contributed by atoms with Crippen LogP contribution in [-0.2, 0) is 9.59 Å². The second-order valence-corrected chi connectivity index (χ2v) is 8.53. The van der Waals surface area contributed by atoms with Crippen molar-refractivity contribution in [1.82, 2.24) is 4.90 Å². The van der Waals surface area contributed by atoms with Gasteiger partial charge in [-0.15, -0.1) is 0 Å². The van der Waals surface area contributed by atoms with Gasteiger partial charge in [0, 0.05) is 18.8 Å². The standard InChI is InChI=1S/C23H22FN3O3S/c1-15-6-2-3-7-18(15)25-21(28)14-27-22(29)20(31-23(27)30)13-16-8-9-19(17(24)12-16)26-10-4-5-11-26/h2-3,6-9,12-13H,4-5,10-11,14H2,1H3,(H,25,28)/b20-13-. The molecule has 2 aliphatic rings. The Bertz CT molecular complexity index is 1080. The molecule has 0 spiro atoms. The first-order valence-electron chi connectivity index (χ1n) is 10.1. The smallest absolute Gasteiger partial charge is 0.294 e. The lowest BCUT2D eigenvalue weighted by atomic mass is 10.1. The van der Waals surface area contributed by atoms with Crippen LogP contribution in [0.5, 0.6) is 0 Å². The molecule has 1 N–H and O–H groups in total. The second-order valence-electron chi connectivity index (χ2n) is 7.54. The van der Waals surface area contributed by atoms with E-state index in [0.29, 0.717) is 16.9 Å². The number of amides is 3. The number of carbonyl (C=O) groups is 3. The predicted molar refractivity (Wildman–Crippen MR) is 120 cm³/mol. The normalized spacial score (nSPS) is 17.7. The molecular formula is C23H22FN3O3S. The van der Waals surface area contributed by atoms with Gasteiger partial charge in [-0.25, -0.2) is 4.39 Å². The summed E-state index contributed by atoms with van der Waals surface area (Å²) in [6.07, 6.45) is 3.58. The van der Waals surface area contributed by atoms with Gasteiger partial charge in [-0.05, 0) is 66.9 Å². The monoisotopic (exact) mass is 439 g/mol. The highest BCUT2D eigenvalue weighted by atomic mass is 32.2. The number of halogens is 1. The van der Waals surface area contributed by atoms with Crippen molar-refractivity contribution in [3.05, 3.63) is 64.3 Å². The van der Waals surface area contributed by atoms with Gasteiger partial charge in [-0.3, -0.25) is 19.3 Å². The fraction of sp³-hybridized carbons (Fsp3) is 0.261. The summed E-state index contributed by atoms with van der Waals surface area (Å²) in [5.74, 6) is -1.37. The van der Waals surface area contributed by atoms with Gasteiger partial charge < -0.3 is 10.2 Å². The molecule has 2 aromatic carbocycles. The minimum atomic E-state index is -0.557. The molecule has 2 fully saturated rings. The Morgan fingerprint density at radius 3 is 2.61 bits per heavy atom. The van der Waals surface area contributed by atoms with Crippen LogP contribution in [0, 0.1) is 12.7 Å². The molecule has 2 saturated heterocycles. The predicted octanol–water partition coefficient (Wildman–Crippen LogP) is 4.41. The van der Waals surface area contributed by atoms with E-state index in [4.69, 9.17) is 0 Å². The van der Waals surface area contributed by atoms with Crippen molar-refractivity contribution in [1.29, 1.82) is 0 Å². The maximum atomic E-state index is 14.5. The third kappa shape index (κ3) is 4.64. The molecule has 160 valence electrons. The summed E-state index contributed by atoms with van der Waals surface area (Å²) in [6, 6.07) is 12.1. The molecule has 0 saturated carbocycles. The quantitative estimate of drug-likeness (QED) is 0.699. The van der Waals surface area contributed by atoms with E-state index in [0.717, 1.165) is 48.2 Å². The number of benzene rings is 2.